The summed E-state index contributed by atoms with van der Waals surface area (Å²) in [6.45, 7) is 0.562. The lowest BCUT2D eigenvalue weighted by molar-refractivity contribution is -0.138. The van der Waals surface area contributed by atoms with Gasteiger partial charge >= 0.3 is 5.97 Å². The number of benzene rings is 1. The first-order chi connectivity index (χ1) is 9.15. The average Bonchev–Trinajstić information content (AvgIpc) is 2.40. The van der Waals surface area contributed by atoms with Crippen LogP contribution in [-0.2, 0) is 14.3 Å². The zero-order valence-corrected chi connectivity index (χ0v) is 10.5. The molecule has 6 nitrogen and oxygen atoms in total. The first kappa shape index (κ1) is 15.1. The molecule has 1 rings (SSSR count). The maximum atomic E-state index is 11.4. The molecular weight excluding hydrogens is 248 g/mol. The molecule has 1 amide bonds. The molecule has 0 aliphatic rings. The number of hydrogen-bond acceptors (Lipinski definition) is 4. The highest BCUT2D eigenvalue weighted by Crippen LogP contribution is 2.14. The monoisotopic (exact) mass is 266 g/mol. The molecule has 4 N–H and O–H groups in total. The average molecular weight is 266 g/mol. The number of nitrogens with one attached hydrogen (secondary N) is 1. The largest absolute Gasteiger partial charge is 0.481 e. The fourth-order valence-electron chi connectivity index (χ4n) is 1.55. The molecule has 0 saturated heterocycles. The van der Waals surface area contributed by atoms with E-state index in [0.717, 1.165) is 0 Å². The number of rotatable bonds is 8. The van der Waals surface area contributed by atoms with Gasteiger partial charge < -0.3 is 20.9 Å². The Balaban J connectivity index is 2.47. The van der Waals surface area contributed by atoms with Crippen LogP contribution in [0.4, 0.5) is 0 Å². The second kappa shape index (κ2) is 8.23. The van der Waals surface area contributed by atoms with E-state index in [1.807, 2.05) is 6.07 Å². The van der Waals surface area contributed by atoms with Crippen molar-refractivity contribution in [1.82, 2.24) is 5.32 Å². The van der Waals surface area contributed by atoms with E-state index in [1.165, 1.54) is 0 Å². The maximum absolute atomic E-state index is 11.4. The Labute approximate surface area is 111 Å². The number of carbonyl (C=O) groups is 2. The predicted octanol–water partition coefficient (Wildman–Crippen LogP) is -0.0537. The highest BCUT2D eigenvalue weighted by molar-refractivity contribution is 5.80. The Morgan fingerprint density at radius 3 is 2.58 bits per heavy atom. The van der Waals surface area contributed by atoms with Gasteiger partial charge in [-0.15, -0.1) is 0 Å². The lowest BCUT2D eigenvalue weighted by atomic mass is 9.99. The second-order valence-electron chi connectivity index (χ2n) is 3.95. The van der Waals surface area contributed by atoms with Gasteiger partial charge in [-0.2, -0.15) is 0 Å². The number of carboxylic acids is 1. The van der Waals surface area contributed by atoms with Crippen LogP contribution in [0.25, 0.3) is 0 Å². The van der Waals surface area contributed by atoms with Gasteiger partial charge in [0.05, 0.1) is 12.5 Å². The Kier molecular flexibility index (Phi) is 6.56. The summed E-state index contributed by atoms with van der Waals surface area (Å²) >= 11 is 0. The number of nitrogens with two attached hydrogens (primary N) is 1. The maximum Gasteiger partial charge on any atom is 0.312 e. The summed E-state index contributed by atoms with van der Waals surface area (Å²) in [6.07, 6.45) is 0. The molecule has 0 heterocycles. The SMILES string of the molecule is NCCOCC(=O)NCC(C(=O)O)c1ccccc1. The smallest absolute Gasteiger partial charge is 0.312 e. The van der Waals surface area contributed by atoms with Crippen LogP contribution in [-0.4, -0.2) is 43.3 Å². The van der Waals surface area contributed by atoms with Gasteiger partial charge in [-0.25, -0.2) is 0 Å². The number of ether oxygens (including phenoxy) is 1. The van der Waals surface area contributed by atoms with E-state index in [9.17, 15) is 9.59 Å². The molecule has 0 fully saturated rings. The van der Waals surface area contributed by atoms with Crippen molar-refractivity contribution < 1.29 is 19.4 Å². The van der Waals surface area contributed by atoms with Gasteiger partial charge in [0.25, 0.3) is 0 Å². The number of carbonyl (C=O) groups excluding carboxylic acids is 1. The van der Waals surface area contributed by atoms with E-state index in [1.54, 1.807) is 24.3 Å². The van der Waals surface area contributed by atoms with E-state index in [4.69, 9.17) is 15.6 Å². The first-order valence-electron chi connectivity index (χ1n) is 5.97. The van der Waals surface area contributed by atoms with E-state index < -0.39 is 11.9 Å². The summed E-state index contributed by atoms with van der Waals surface area (Å²) in [6, 6.07) is 8.77. The second-order valence-corrected chi connectivity index (χ2v) is 3.95. The van der Waals surface area contributed by atoms with E-state index in [-0.39, 0.29) is 19.1 Å². The molecule has 0 spiro atoms. The van der Waals surface area contributed by atoms with Gasteiger partial charge in [0.15, 0.2) is 0 Å². The first-order valence-corrected chi connectivity index (χ1v) is 5.97. The molecule has 0 saturated carbocycles. The molecular formula is C13H18N2O4. The van der Waals surface area contributed by atoms with Crippen LogP contribution in [0.2, 0.25) is 0 Å². The normalized spacial score (nSPS) is 11.8. The van der Waals surface area contributed by atoms with Gasteiger partial charge in [0.1, 0.15) is 6.61 Å². The minimum atomic E-state index is -0.977. The molecule has 6 heteroatoms. The standard InChI is InChI=1S/C13H18N2O4/c14-6-7-19-9-12(16)15-8-11(13(17)18)10-4-2-1-3-5-10/h1-5,11H,6-9,14H2,(H,15,16)(H,17,18). The Hall–Kier alpha value is -1.92. The van der Waals surface area contributed by atoms with Crippen LogP contribution in [0, 0.1) is 0 Å². The number of amides is 1. The molecule has 0 bridgehead atoms. The number of hydrogen-bond donors (Lipinski definition) is 3. The number of aliphatic carboxylic acids is 1. The quantitative estimate of drug-likeness (QED) is 0.572. The van der Waals surface area contributed by atoms with Gasteiger partial charge in [0.2, 0.25) is 5.91 Å². The molecule has 19 heavy (non-hydrogen) atoms. The van der Waals surface area contributed by atoms with Crippen molar-refractivity contribution in [3.05, 3.63) is 35.9 Å². The van der Waals surface area contributed by atoms with E-state index in [2.05, 4.69) is 5.32 Å². The molecule has 1 unspecified atom stereocenters. The predicted molar refractivity (Wildman–Crippen MR) is 69.7 cm³/mol. The Bertz CT molecular complexity index is 408. The molecule has 1 atom stereocenters. The Morgan fingerprint density at radius 2 is 2.00 bits per heavy atom. The summed E-state index contributed by atoms with van der Waals surface area (Å²) in [5.41, 5.74) is 5.87. The summed E-state index contributed by atoms with van der Waals surface area (Å²) in [5, 5.41) is 11.7. The molecule has 1 aromatic rings. The third-order valence-corrected chi connectivity index (χ3v) is 2.50. The summed E-state index contributed by atoms with van der Waals surface area (Å²) < 4.78 is 4.96. The summed E-state index contributed by atoms with van der Waals surface area (Å²) in [7, 11) is 0. The Morgan fingerprint density at radius 1 is 1.32 bits per heavy atom. The van der Waals surface area contributed by atoms with Gasteiger partial charge in [0, 0.05) is 13.1 Å². The van der Waals surface area contributed by atoms with Crippen LogP contribution in [0.1, 0.15) is 11.5 Å². The molecule has 0 aliphatic carbocycles. The molecule has 0 aromatic heterocycles. The summed E-state index contributed by atoms with van der Waals surface area (Å²) in [5.74, 6) is -2.09. The minimum Gasteiger partial charge on any atom is -0.481 e. The fraction of sp³-hybridized carbons (Fsp3) is 0.385. The van der Waals surface area contributed by atoms with Crippen LogP contribution < -0.4 is 11.1 Å². The van der Waals surface area contributed by atoms with Crippen molar-refractivity contribution >= 4 is 11.9 Å². The van der Waals surface area contributed by atoms with E-state index >= 15 is 0 Å². The number of carboxylic acid groups (broad SMARTS) is 1. The van der Waals surface area contributed by atoms with Crippen molar-refractivity contribution in [2.24, 2.45) is 5.73 Å². The van der Waals surface area contributed by atoms with Crippen molar-refractivity contribution in [3.63, 3.8) is 0 Å². The molecule has 104 valence electrons. The highest BCUT2D eigenvalue weighted by Gasteiger charge is 2.20. The zero-order chi connectivity index (χ0) is 14.1. The third-order valence-electron chi connectivity index (χ3n) is 2.50. The van der Waals surface area contributed by atoms with Crippen molar-refractivity contribution in [1.29, 1.82) is 0 Å². The summed E-state index contributed by atoms with van der Waals surface area (Å²) in [4.78, 5) is 22.6. The topological polar surface area (TPSA) is 102 Å². The minimum absolute atomic E-state index is 0.0319. The van der Waals surface area contributed by atoms with Gasteiger partial charge in [-0.1, -0.05) is 30.3 Å². The van der Waals surface area contributed by atoms with Crippen LogP contribution in [0.5, 0.6) is 0 Å². The highest BCUT2D eigenvalue weighted by atomic mass is 16.5. The van der Waals surface area contributed by atoms with E-state index in [0.29, 0.717) is 18.7 Å². The van der Waals surface area contributed by atoms with Crippen LogP contribution >= 0.6 is 0 Å². The van der Waals surface area contributed by atoms with Crippen LogP contribution in [0.15, 0.2) is 30.3 Å². The third kappa shape index (κ3) is 5.50. The van der Waals surface area contributed by atoms with Crippen molar-refractivity contribution in [2.75, 3.05) is 26.3 Å². The zero-order valence-electron chi connectivity index (χ0n) is 10.5. The lowest BCUT2D eigenvalue weighted by Gasteiger charge is -2.13. The van der Waals surface area contributed by atoms with Gasteiger partial charge in [-0.05, 0) is 5.56 Å². The fourth-order valence-corrected chi connectivity index (χ4v) is 1.55. The van der Waals surface area contributed by atoms with Crippen molar-refractivity contribution in [2.45, 2.75) is 5.92 Å². The van der Waals surface area contributed by atoms with Crippen LogP contribution in [0.3, 0.4) is 0 Å². The van der Waals surface area contributed by atoms with Crippen molar-refractivity contribution in [3.8, 4) is 0 Å². The molecule has 0 radical (unpaired) electrons. The lowest BCUT2D eigenvalue weighted by Crippen LogP contribution is -2.34. The molecule has 0 aliphatic heterocycles. The van der Waals surface area contributed by atoms with Gasteiger partial charge in [-0.3, -0.25) is 9.59 Å². The molecule has 1 aromatic carbocycles.